The molecule has 1 aliphatic rings. The Morgan fingerprint density at radius 2 is 2.41 bits per heavy atom. The Morgan fingerprint density at radius 3 is 3.06 bits per heavy atom. The van der Waals surface area contributed by atoms with E-state index in [4.69, 9.17) is 5.11 Å². The van der Waals surface area contributed by atoms with Crippen molar-refractivity contribution in [3.05, 3.63) is 18.0 Å². The van der Waals surface area contributed by atoms with Crippen LogP contribution in [0, 0.1) is 0 Å². The third-order valence-corrected chi connectivity index (χ3v) is 3.49. The minimum atomic E-state index is -0.911. The lowest BCUT2D eigenvalue weighted by atomic mass is 10.0. The highest BCUT2D eigenvalue weighted by molar-refractivity contribution is 5.86. The zero-order valence-electron chi connectivity index (χ0n) is 10.2. The molecule has 0 saturated carbocycles. The van der Waals surface area contributed by atoms with E-state index in [-0.39, 0.29) is 5.56 Å². The van der Waals surface area contributed by atoms with Crippen molar-refractivity contribution in [3.8, 4) is 0 Å². The quantitative estimate of drug-likeness (QED) is 0.861. The van der Waals surface area contributed by atoms with E-state index in [2.05, 4.69) is 17.0 Å². The molecule has 1 unspecified atom stereocenters. The van der Waals surface area contributed by atoms with Gasteiger partial charge in [-0.2, -0.15) is 5.10 Å². The number of aromatic nitrogens is 2. The maximum atomic E-state index is 10.7. The average molecular weight is 237 g/mol. The number of carboxylic acid groups (broad SMARTS) is 1. The van der Waals surface area contributed by atoms with Gasteiger partial charge in [0.15, 0.2) is 0 Å². The number of nitrogens with zero attached hydrogens (tertiary/aromatic N) is 3. The second-order valence-corrected chi connectivity index (χ2v) is 4.72. The standard InChI is InChI=1S/C12H19N3O2/c1-14-6-3-2-4-11(14)5-7-15-9-10(8-13-15)12(16)17/h8-9,11H,2-7H2,1H3,(H,16,17). The molecule has 1 atom stereocenters. The number of hydrogen-bond donors (Lipinski definition) is 1. The predicted molar refractivity (Wildman–Crippen MR) is 64.1 cm³/mol. The normalized spacial score (nSPS) is 21.6. The molecule has 0 aromatic carbocycles. The van der Waals surface area contributed by atoms with Gasteiger partial charge in [-0.05, 0) is 32.9 Å². The summed E-state index contributed by atoms with van der Waals surface area (Å²) >= 11 is 0. The lowest BCUT2D eigenvalue weighted by molar-refractivity contribution is 0.0696. The summed E-state index contributed by atoms with van der Waals surface area (Å²) in [7, 11) is 2.16. The summed E-state index contributed by atoms with van der Waals surface area (Å²) in [6.45, 7) is 1.96. The van der Waals surface area contributed by atoms with Crippen LogP contribution in [0.3, 0.4) is 0 Å². The lowest BCUT2D eigenvalue weighted by Crippen LogP contribution is -2.36. The Morgan fingerprint density at radius 1 is 1.59 bits per heavy atom. The van der Waals surface area contributed by atoms with E-state index in [1.807, 2.05) is 0 Å². The summed E-state index contributed by atoms with van der Waals surface area (Å²) in [6, 6.07) is 0.612. The van der Waals surface area contributed by atoms with Gasteiger partial charge in [0.05, 0.1) is 11.8 Å². The highest BCUT2D eigenvalue weighted by Crippen LogP contribution is 2.18. The molecule has 5 nitrogen and oxygen atoms in total. The van der Waals surface area contributed by atoms with Gasteiger partial charge in [0.2, 0.25) is 0 Å². The molecule has 1 saturated heterocycles. The molecule has 0 bridgehead atoms. The third-order valence-electron chi connectivity index (χ3n) is 3.49. The molecular formula is C12H19N3O2. The van der Waals surface area contributed by atoms with E-state index in [0.29, 0.717) is 6.04 Å². The van der Waals surface area contributed by atoms with E-state index >= 15 is 0 Å². The first-order valence-electron chi connectivity index (χ1n) is 6.13. The van der Waals surface area contributed by atoms with Gasteiger partial charge in [-0.15, -0.1) is 0 Å². The summed E-state index contributed by atoms with van der Waals surface area (Å²) in [6.07, 6.45) is 7.88. The van der Waals surface area contributed by atoms with Crippen LogP contribution in [0.4, 0.5) is 0 Å². The summed E-state index contributed by atoms with van der Waals surface area (Å²) in [4.78, 5) is 13.1. The Bertz CT molecular complexity index is 389. The Balaban J connectivity index is 1.86. The van der Waals surface area contributed by atoms with Crippen molar-refractivity contribution < 1.29 is 9.90 Å². The number of carbonyl (C=O) groups is 1. The van der Waals surface area contributed by atoms with Gasteiger partial charge in [0.25, 0.3) is 0 Å². The van der Waals surface area contributed by atoms with Crippen LogP contribution in [-0.4, -0.2) is 45.4 Å². The molecular weight excluding hydrogens is 218 g/mol. The maximum absolute atomic E-state index is 10.7. The van der Waals surface area contributed by atoms with Gasteiger partial charge in [-0.1, -0.05) is 6.42 Å². The topological polar surface area (TPSA) is 58.4 Å². The fourth-order valence-electron chi connectivity index (χ4n) is 2.39. The predicted octanol–water partition coefficient (Wildman–Crippen LogP) is 1.46. The third kappa shape index (κ3) is 3.06. The van der Waals surface area contributed by atoms with Gasteiger partial charge in [-0.3, -0.25) is 4.68 Å². The zero-order valence-corrected chi connectivity index (χ0v) is 10.2. The van der Waals surface area contributed by atoms with Crippen LogP contribution in [-0.2, 0) is 6.54 Å². The Kier molecular flexibility index (Phi) is 3.78. The lowest BCUT2D eigenvalue weighted by Gasteiger charge is -2.32. The van der Waals surface area contributed by atoms with Crippen molar-refractivity contribution in [2.45, 2.75) is 38.3 Å². The molecule has 1 fully saturated rings. The first kappa shape index (κ1) is 12.1. The fraction of sp³-hybridized carbons (Fsp3) is 0.667. The molecule has 0 spiro atoms. The molecule has 1 N–H and O–H groups in total. The summed E-state index contributed by atoms with van der Waals surface area (Å²) in [5, 5.41) is 12.9. The van der Waals surface area contributed by atoms with Crippen molar-refractivity contribution in [1.82, 2.24) is 14.7 Å². The Hall–Kier alpha value is -1.36. The summed E-state index contributed by atoms with van der Waals surface area (Å²) in [5.41, 5.74) is 0.266. The van der Waals surface area contributed by atoms with Crippen molar-refractivity contribution in [2.24, 2.45) is 0 Å². The molecule has 0 amide bonds. The zero-order chi connectivity index (χ0) is 12.3. The van der Waals surface area contributed by atoms with Crippen LogP contribution in [0.15, 0.2) is 12.4 Å². The van der Waals surface area contributed by atoms with Crippen LogP contribution in [0.5, 0.6) is 0 Å². The van der Waals surface area contributed by atoms with E-state index < -0.39 is 5.97 Å². The van der Waals surface area contributed by atoms with Crippen molar-refractivity contribution in [3.63, 3.8) is 0 Å². The van der Waals surface area contributed by atoms with Crippen LogP contribution >= 0.6 is 0 Å². The highest BCUT2D eigenvalue weighted by atomic mass is 16.4. The van der Waals surface area contributed by atoms with E-state index in [1.54, 1.807) is 10.9 Å². The molecule has 5 heteroatoms. The van der Waals surface area contributed by atoms with E-state index in [0.717, 1.165) is 13.0 Å². The minimum Gasteiger partial charge on any atom is -0.478 e. The minimum absolute atomic E-state index is 0.266. The monoisotopic (exact) mass is 237 g/mol. The molecule has 94 valence electrons. The van der Waals surface area contributed by atoms with Crippen molar-refractivity contribution >= 4 is 5.97 Å². The maximum Gasteiger partial charge on any atom is 0.338 e. The first-order chi connectivity index (χ1) is 8.16. The number of hydrogen-bond acceptors (Lipinski definition) is 3. The van der Waals surface area contributed by atoms with E-state index in [9.17, 15) is 4.79 Å². The molecule has 0 radical (unpaired) electrons. The molecule has 2 heterocycles. The van der Waals surface area contributed by atoms with Gasteiger partial charge in [0, 0.05) is 18.8 Å². The molecule has 17 heavy (non-hydrogen) atoms. The molecule has 1 aliphatic heterocycles. The Labute approximate surface area is 101 Å². The highest BCUT2D eigenvalue weighted by Gasteiger charge is 2.18. The van der Waals surface area contributed by atoms with Gasteiger partial charge >= 0.3 is 5.97 Å². The van der Waals surface area contributed by atoms with Crippen molar-refractivity contribution in [1.29, 1.82) is 0 Å². The van der Waals surface area contributed by atoms with Crippen LogP contribution in [0.25, 0.3) is 0 Å². The van der Waals surface area contributed by atoms with Gasteiger partial charge in [-0.25, -0.2) is 4.79 Å². The van der Waals surface area contributed by atoms with Crippen LogP contribution in [0.2, 0.25) is 0 Å². The first-order valence-corrected chi connectivity index (χ1v) is 6.13. The number of piperidine rings is 1. The van der Waals surface area contributed by atoms with Gasteiger partial charge < -0.3 is 10.0 Å². The molecule has 2 rings (SSSR count). The number of aromatic carboxylic acids is 1. The van der Waals surface area contributed by atoms with Crippen LogP contribution in [0.1, 0.15) is 36.0 Å². The summed E-state index contributed by atoms with van der Waals surface area (Å²) in [5.74, 6) is -0.911. The molecule has 1 aromatic rings. The van der Waals surface area contributed by atoms with Gasteiger partial charge in [0.1, 0.15) is 0 Å². The summed E-state index contributed by atoms with van der Waals surface area (Å²) < 4.78 is 1.73. The average Bonchev–Trinajstić information content (AvgIpc) is 2.77. The second-order valence-electron chi connectivity index (χ2n) is 4.72. The largest absolute Gasteiger partial charge is 0.478 e. The molecule has 0 aliphatic carbocycles. The van der Waals surface area contributed by atoms with Crippen molar-refractivity contribution in [2.75, 3.05) is 13.6 Å². The number of rotatable bonds is 4. The smallest absolute Gasteiger partial charge is 0.338 e. The molecule has 1 aromatic heterocycles. The van der Waals surface area contributed by atoms with Crippen LogP contribution < -0.4 is 0 Å². The number of likely N-dealkylation sites (tertiary alicyclic amines) is 1. The number of aryl methyl sites for hydroxylation is 1. The second kappa shape index (κ2) is 5.31. The SMILES string of the molecule is CN1CCCCC1CCn1cc(C(=O)O)cn1. The fourth-order valence-corrected chi connectivity index (χ4v) is 2.39. The number of carboxylic acids is 1. The van der Waals surface area contributed by atoms with E-state index in [1.165, 1.54) is 32.0 Å².